The zero-order valence-corrected chi connectivity index (χ0v) is 15.2. The minimum Gasteiger partial charge on any atom is -0.319 e. The number of carbonyl (C=O) groups excluding carboxylic acids is 1. The normalized spacial score (nSPS) is 11.0. The highest BCUT2D eigenvalue weighted by Crippen LogP contribution is 2.15. The molecule has 0 spiro atoms. The molecule has 0 aliphatic rings. The Morgan fingerprint density at radius 1 is 1.36 bits per heavy atom. The van der Waals surface area contributed by atoms with Crippen LogP contribution in [-0.4, -0.2) is 37.2 Å². The molecule has 1 N–H and O–H groups in total. The van der Waals surface area contributed by atoms with Crippen molar-refractivity contribution in [1.82, 2.24) is 24.3 Å². The number of rotatable bonds is 6. The van der Waals surface area contributed by atoms with Crippen molar-refractivity contribution in [1.29, 1.82) is 0 Å². The second-order valence-corrected chi connectivity index (χ2v) is 6.85. The van der Waals surface area contributed by atoms with E-state index in [0.29, 0.717) is 11.3 Å². The van der Waals surface area contributed by atoms with Gasteiger partial charge < -0.3 is 5.32 Å². The number of aryl methyl sites for hydroxylation is 2. The molecule has 2 aromatic heterocycles. The van der Waals surface area contributed by atoms with Crippen molar-refractivity contribution < 1.29 is 4.79 Å². The third kappa shape index (κ3) is 4.49. The standard InChI is InChI=1S/C17H20N6OS/c1-12-16(25-21-20-12)11-22(2)9-13-5-4-6-14(7-13)17(24)19-15-8-18-23(3)10-15/h4-8,10H,9,11H2,1-3H3,(H,19,24). The van der Waals surface area contributed by atoms with E-state index >= 15 is 0 Å². The summed E-state index contributed by atoms with van der Waals surface area (Å²) in [5, 5.41) is 10.9. The van der Waals surface area contributed by atoms with Crippen molar-refractivity contribution in [3.8, 4) is 0 Å². The maximum Gasteiger partial charge on any atom is 0.255 e. The van der Waals surface area contributed by atoms with E-state index in [9.17, 15) is 4.79 Å². The van der Waals surface area contributed by atoms with Crippen molar-refractivity contribution >= 4 is 23.1 Å². The Bertz CT molecular complexity index is 871. The summed E-state index contributed by atoms with van der Waals surface area (Å²) < 4.78 is 5.62. The highest BCUT2D eigenvalue weighted by molar-refractivity contribution is 7.05. The average Bonchev–Trinajstić information content (AvgIpc) is 3.16. The molecule has 0 aliphatic carbocycles. The molecule has 1 aromatic carbocycles. The van der Waals surface area contributed by atoms with Gasteiger partial charge in [-0.2, -0.15) is 5.10 Å². The van der Waals surface area contributed by atoms with E-state index in [0.717, 1.165) is 29.2 Å². The molecule has 0 radical (unpaired) electrons. The molecule has 3 aromatic rings. The lowest BCUT2D eigenvalue weighted by Crippen LogP contribution is -2.18. The van der Waals surface area contributed by atoms with Crippen LogP contribution < -0.4 is 5.32 Å². The fraction of sp³-hybridized carbons (Fsp3) is 0.294. The number of nitrogens with zero attached hydrogens (tertiary/aromatic N) is 5. The summed E-state index contributed by atoms with van der Waals surface area (Å²) >= 11 is 1.42. The van der Waals surface area contributed by atoms with Crippen LogP contribution in [0.3, 0.4) is 0 Å². The van der Waals surface area contributed by atoms with E-state index in [2.05, 4.69) is 24.9 Å². The third-order valence-electron chi connectivity index (χ3n) is 3.76. The quantitative estimate of drug-likeness (QED) is 0.734. The minimum absolute atomic E-state index is 0.139. The van der Waals surface area contributed by atoms with Gasteiger partial charge in [0.1, 0.15) is 0 Å². The van der Waals surface area contributed by atoms with E-state index in [-0.39, 0.29) is 5.91 Å². The molecule has 0 saturated carbocycles. The first kappa shape index (κ1) is 17.2. The molecule has 130 valence electrons. The Balaban J connectivity index is 1.64. The van der Waals surface area contributed by atoms with E-state index < -0.39 is 0 Å². The lowest BCUT2D eigenvalue weighted by Gasteiger charge is -2.16. The number of hydrogen-bond acceptors (Lipinski definition) is 6. The van der Waals surface area contributed by atoms with Crippen molar-refractivity contribution in [3.05, 3.63) is 58.4 Å². The van der Waals surface area contributed by atoms with Crippen LogP contribution in [0.4, 0.5) is 5.69 Å². The zero-order valence-electron chi connectivity index (χ0n) is 14.4. The van der Waals surface area contributed by atoms with Gasteiger partial charge in [0.2, 0.25) is 0 Å². The molecule has 2 heterocycles. The molecule has 0 aliphatic heterocycles. The molecule has 0 unspecified atom stereocenters. The van der Waals surface area contributed by atoms with Crippen LogP contribution in [-0.2, 0) is 20.1 Å². The molecule has 0 bridgehead atoms. The molecule has 0 saturated heterocycles. The van der Waals surface area contributed by atoms with Crippen LogP contribution >= 0.6 is 11.5 Å². The van der Waals surface area contributed by atoms with Crippen LogP contribution in [0.25, 0.3) is 0 Å². The molecule has 0 fully saturated rings. The fourth-order valence-corrected chi connectivity index (χ4v) is 3.22. The SMILES string of the molecule is Cc1nnsc1CN(C)Cc1cccc(C(=O)Nc2cnn(C)c2)c1. The Labute approximate surface area is 150 Å². The van der Waals surface area contributed by atoms with Gasteiger partial charge in [0.15, 0.2) is 0 Å². The first-order chi connectivity index (χ1) is 12.0. The molecule has 8 heteroatoms. The topological polar surface area (TPSA) is 75.9 Å². The summed E-state index contributed by atoms with van der Waals surface area (Å²) in [5.41, 5.74) is 3.37. The van der Waals surface area contributed by atoms with Gasteiger partial charge >= 0.3 is 0 Å². The summed E-state index contributed by atoms with van der Waals surface area (Å²) in [6.45, 7) is 3.50. The first-order valence-corrected chi connectivity index (χ1v) is 8.64. The van der Waals surface area contributed by atoms with E-state index in [1.54, 1.807) is 17.1 Å². The van der Waals surface area contributed by atoms with Crippen molar-refractivity contribution in [3.63, 3.8) is 0 Å². The second kappa shape index (κ2) is 7.54. The molecule has 1 amide bonds. The molecular weight excluding hydrogens is 336 g/mol. The summed E-state index contributed by atoms with van der Waals surface area (Å²) in [7, 11) is 3.86. The number of anilines is 1. The van der Waals surface area contributed by atoms with Crippen molar-refractivity contribution in [2.75, 3.05) is 12.4 Å². The fourth-order valence-electron chi connectivity index (χ4n) is 2.51. The Morgan fingerprint density at radius 3 is 2.88 bits per heavy atom. The van der Waals surface area contributed by atoms with Crippen LogP contribution in [0.2, 0.25) is 0 Å². The van der Waals surface area contributed by atoms with Gasteiger partial charge in [-0.05, 0) is 43.2 Å². The highest BCUT2D eigenvalue weighted by Gasteiger charge is 2.11. The maximum absolute atomic E-state index is 12.4. The monoisotopic (exact) mass is 356 g/mol. The van der Waals surface area contributed by atoms with E-state index in [1.165, 1.54) is 11.5 Å². The van der Waals surface area contributed by atoms with Crippen molar-refractivity contribution in [2.24, 2.45) is 7.05 Å². The zero-order chi connectivity index (χ0) is 17.8. The summed E-state index contributed by atoms with van der Waals surface area (Å²) in [5.74, 6) is -0.139. The van der Waals surface area contributed by atoms with Gasteiger partial charge in [-0.3, -0.25) is 14.4 Å². The summed E-state index contributed by atoms with van der Waals surface area (Å²) in [4.78, 5) is 15.7. The summed E-state index contributed by atoms with van der Waals surface area (Å²) in [6, 6.07) is 7.66. The first-order valence-electron chi connectivity index (χ1n) is 7.86. The van der Waals surface area contributed by atoms with Gasteiger partial charge in [0.25, 0.3) is 5.91 Å². The van der Waals surface area contributed by atoms with Crippen molar-refractivity contribution in [2.45, 2.75) is 20.0 Å². The second-order valence-electron chi connectivity index (χ2n) is 6.01. The molecular formula is C17H20N6OS. The van der Waals surface area contributed by atoms with Gasteiger partial charge in [-0.25, -0.2) is 0 Å². The van der Waals surface area contributed by atoms with E-state index in [1.807, 2.05) is 45.3 Å². The minimum atomic E-state index is -0.139. The van der Waals surface area contributed by atoms with Gasteiger partial charge in [-0.15, -0.1) is 5.10 Å². The van der Waals surface area contributed by atoms with E-state index in [4.69, 9.17) is 0 Å². The Morgan fingerprint density at radius 2 is 2.20 bits per heavy atom. The van der Waals surface area contributed by atoms with Crippen LogP contribution in [0.5, 0.6) is 0 Å². The number of nitrogens with one attached hydrogen (secondary N) is 1. The van der Waals surface area contributed by atoms with Gasteiger partial charge in [0.05, 0.1) is 22.5 Å². The van der Waals surface area contributed by atoms with Crippen LogP contribution in [0.1, 0.15) is 26.5 Å². The Kier molecular flexibility index (Phi) is 5.20. The number of aromatic nitrogens is 4. The Hall–Kier alpha value is -2.58. The number of amides is 1. The lowest BCUT2D eigenvalue weighted by molar-refractivity contribution is 0.102. The predicted octanol–water partition coefficient (Wildman–Crippen LogP) is 2.46. The number of benzene rings is 1. The molecule has 7 nitrogen and oxygen atoms in total. The molecule has 0 atom stereocenters. The van der Waals surface area contributed by atoms with Gasteiger partial charge in [-0.1, -0.05) is 16.6 Å². The van der Waals surface area contributed by atoms with Gasteiger partial charge in [0, 0.05) is 31.9 Å². The maximum atomic E-state index is 12.4. The van der Waals surface area contributed by atoms with Crippen LogP contribution in [0, 0.1) is 6.92 Å². The smallest absolute Gasteiger partial charge is 0.255 e. The molecule has 3 rings (SSSR count). The highest BCUT2D eigenvalue weighted by atomic mass is 32.1. The molecule has 25 heavy (non-hydrogen) atoms. The average molecular weight is 356 g/mol. The summed E-state index contributed by atoms with van der Waals surface area (Å²) in [6.07, 6.45) is 3.39. The number of hydrogen-bond donors (Lipinski definition) is 1. The van der Waals surface area contributed by atoms with Crippen LogP contribution in [0.15, 0.2) is 36.7 Å². The predicted molar refractivity (Wildman–Crippen MR) is 97.4 cm³/mol. The third-order valence-corrected chi connectivity index (χ3v) is 4.57. The number of carbonyl (C=O) groups is 1. The lowest BCUT2D eigenvalue weighted by atomic mass is 10.1. The largest absolute Gasteiger partial charge is 0.319 e.